The summed E-state index contributed by atoms with van der Waals surface area (Å²) in [6.45, 7) is 1.48. The van der Waals surface area contributed by atoms with E-state index in [0.29, 0.717) is 5.56 Å². The van der Waals surface area contributed by atoms with E-state index in [2.05, 4.69) is 5.32 Å². The first-order valence-electron chi connectivity index (χ1n) is 6.55. The van der Waals surface area contributed by atoms with Crippen molar-refractivity contribution in [3.63, 3.8) is 0 Å². The molecule has 0 aliphatic rings. The summed E-state index contributed by atoms with van der Waals surface area (Å²) in [7, 11) is 0. The Kier molecular flexibility index (Phi) is 5.11. The number of halogens is 2. The minimum atomic E-state index is -1.03. The number of aliphatic hydroxyl groups excluding tert-OH is 1. The zero-order valence-corrected chi connectivity index (χ0v) is 11.8. The van der Waals surface area contributed by atoms with Crippen molar-refractivity contribution in [1.29, 1.82) is 0 Å². The van der Waals surface area contributed by atoms with Gasteiger partial charge in [0.25, 0.3) is 5.91 Å². The van der Waals surface area contributed by atoms with Gasteiger partial charge in [-0.25, -0.2) is 8.78 Å². The molecule has 7 heteroatoms. The molecule has 2 N–H and O–H groups in total. The van der Waals surface area contributed by atoms with Crippen LogP contribution >= 0.6 is 0 Å². The highest BCUT2D eigenvalue weighted by Crippen LogP contribution is 2.15. The van der Waals surface area contributed by atoms with Gasteiger partial charge in [0.2, 0.25) is 0 Å². The number of furan rings is 1. The van der Waals surface area contributed by atoms with Crippen molar-refractivity contribution in [1.82, 2.24) is 5.32 Å². The van der Waals surface area contributed by atoms with E-state index in [0.717, 1.165) is 12.1 Å². The third-order valence-corrected chi connectivity index (χ3v) is 2.90. The monoisotopic (exact) mass is 311 g/mol. The molecule has 0 saturated carbocycles. The van der Waals surface area contributed by atoms with Crippen molar-refractivity contribution in [2.24, 2.45) is 0 Å². The molecule has 1 aromatic carbocycles. The molecule has 0 aliphatic carbocycles. The second-order valence-electron chi connectivity index (χ2n) is 4.68. The first-order valence-corrected chi connectivity index (χ1v) is 6.55. The van der Waals surface area contributed by atoms with E-state index in [1.807, 2.05) is 0 Å². The Morgan fingerprint density at radius 1 is 1.36 bits per heavy atom. The lowest BCUT2D eigenvalue weighted by Crippen LogP contribution is -2.35. The van der Waals surface area contributed by atoms with Gasteiger partial charge in [-0.2, -0.15) is 0 Å². The molecule has 1 unspecified atom stereocenters. The summed E-state index contributed by atoms with van der Waals surface area (Å²) in [4.78, 5) is 11.7. The number of hydrogen-bond donors (Lipinski definition) is 2. The average molecular weight is 311 g/mol. The van der Waals surface area contributed by atoms with E-state index in [-0.39, 0.29) is 24.7 Å². The molecular weight excluding hydrogens is 296 g/mol. The van der Waals surface area contributed by atoms with Gasteiger partial charge in [-0.05, 0) is 25.1 Å². The van der Waals surface area contributed by atoms with E-state index in [9.17, 15) is 18.7 Å². The van der Waals surface area contributed by atoms with Crippen molar-refractivity contribution in [2.45, 2.75) is 13.0 Å². The zero-order valence-electron chi connectivity index (χ0n) is 11.8. The predicted octanol–water partition coefficient (Wildman–Crippen LogP) is 2.04. The van der Waals surface area contributed by atoms with Crippen LogP contribution in [0.2, 0.25) is 0 Å². The van der Waals surface area contributed by atoms with Crippen LogP contribution in [0.5, 0.6) is 5.75 Å². The fourth-order valence-electron chi connectivity index (χ4n) is 1.71. The number of benzene rings is 1. The Labute approximate surface area is 125 Å². The van der Waals surface area contributed by atoms with Gasteiger partial charge in [0, 0.05) is 18.2 Å². The fourth-order valence-corrected chi connectivity index (χ4v) is 1.71. The van der Waals surface area contributed by atoms with E-state index in [1.54, 1.807) is 13.0 Å². The maximum absolute atomic E-state index is 13.0. The number of aryl methyl sites for hydroxylation is 1. The Balaban J connectivity index is 1.78. The van der Waals surface area contributed by atoms with Crippen molar-refractivity contribution in [3.05, 3.63) is 53.5 Å². The van der Waals surface area contributed by atoms with Gasteiger partial charge in [-0.1, -0.05) is 0 Å². The van der Waals surface area contributed by atoms with Crippen molar-refractivity contribution in [3.8, 4) is 5.75 Å². The summed E-state index contributed by atoms with van der Waals surface area (Å²) in [5.41, 5.74) is 0.685. The lowest BCUT2D eigenvalue weighted by Gasteiger charge is -2.13. The molecule has 0 spiro atoms. The normalized spacial score (nSPS) is 12.0. The van der Waals surface area contributed by atoms with Gasteiger partial charge in [-0.3, -0.25) is 4.79 Å². The van der Waals surface area contributed by atoms with Gasteiger partial charge < -0.3 is 19.6 Å². The topological polar surface area (TPSA) is 71.7 Å². The summed E-state index contributed by atoms with van der Waals surface area (Å²) in [5, 5.41) is 12.2. The first-order chi connectivity index (χ1) is 10.5. The number of rotatable bonds is 6. The molecule has 0 saturated heterocycles. The van der Waals surface area contributed by atoms with Crippen LogP contribution in [0.15, 0.2) is 34.9 Å². The quantitative estimate of drug-likeness (QED) is 0.856. The van der Waals surface area contributed by atoms with Crippen LogP contribution in [0.3, 0.4) is 0 Å². The van der Waals surface area contributed by atoms with Crippen molar-refractivity contribution >= 4 is 5.91 Å². The molecule has 1 atom stereocenters. The molecule has 0 bridgehead atoms. The first kappa shape index (κ1) is 16.0. The average Bonchev–Trinajstić information content (AvgIpc) is 2.92. The third kappa shape index (κ3) is 4.05. The van der Waals surface area contributed by atoms with Crippen LogP contribution in [0.4, 0.5) is 8.78 Å². The summed E-state index contributed by atoms with van der Waals surface area (Å²) >= 11 is 0. The summed E-state index contributed by atoms with van der Waals surface area (Å²) in [6, 6.07) is 4.71. The Hall–Kier alpha value is -2.41. The summed E-state index contributed by atoms with van der Waals surface area (Å²) < 4.78 is 35.8. The number of carbonyl (C=O) groups excluding carboxylic acids is 1. The van der Waals surface area contributed by atoms with Gasteiger partial charge >= 0.3 is 0 Å². The van der Waals surface area contributed by atoms with Gasteiger partial charge in [0.15, 0.2) is 17.4 Å². The fraction of sp³-hybridized carbons (Fsp3) is 0.267. The molecule has 5 nitrogen and oxygen atoms in total. The van der Waals surface area contributed by atoms with E-state index >= 15 is 0 Å². The molecule has 22 heavy (non-hydrogen) atoms. The number of ether oxygens (including phenoxy) is 1. The molecule has 118 valence electrons. The number of nitrogens with one attached hydrogen (secondary N) is 1. The molecule has 0 aliphatic heterocycles. The lowest BCUT2D eigenvalue weighted by atomic mass is 10.2. The molecular formula is C15H15F2NO4. The maximum Gasteiger partial charge on any atom is 0.287 e. The van der Waals surface area contributed by atoms with E-state index < -0.39 is 23.6 Å². The predicted molar refractivity (Wildman–Crippen MR) is 73.6 cm³/mol. The van der Waals surface area contributed by atoms with Crippen LogP contribution in [0, 0.1) is 18.6 Å². The summed E-state index contributed by atoms with van der Waals surface area (Å²) in [5.74, 6) is -2.20. The smallest absolute Gasteiger partial charge is 0.287 e. The molecule has 1 heterocycles. The number of hydrogen-bond acceptors (Lipinski definition) is 4. The zero-order chi connectivity index (χ0) is 16.1. The second-order valence-corrected chi connectivity index (χ2v) is 4.68. The molecule has 0 radical (unpaired) electrons. The summed E-state index contributed by atoms with van der Waals surface area (Å²) in [6.07, 6.45) is 0.389. The van der Waals surface area contributed by atoms with Gasteiger partial charge in [-0.15, -0.1) is 0 Å². The van der Waals surface area contributed by atoms with E-state index in [4.69, 9.17) is 9.15 Å². The number of carbonyl (C=O) groups is 1. The van der Waals surface area contributed by atoms with Crippen LogP contribution in [-0.2, 0) is 0 Å². The SMILES string of the molecule is Cc1ccoc1C(=O)NCC(O)COc1ccc(F)c(F)c1. The van der Waals surface area contributed by atoms with Crippen LogP contribution in [-0.4, -0.2) is 30.3 Å². The number of amides is 1. The molecule has 2 aromatic rings. The minimum absolute atomic E-state index is 0.0668. The largest absolute Gasteiger partial charge is 0.491 e. The highest BCUT2D eigenvalue weighted by Gasteiger charge is 2.14. The lowest BCUT2D eigenvalue weighted by molar-refractivity contribution is 0.0821. The van der Waals surface area contributed by atoms with Crippen LogP contribution < -0.4 is 10.1 Å². The standard InChI is InChI=1S/C15H15F2NO4/c1-9-4-5-21-14(9)15(20)18-7-10(19)8-22-11-2-3-12(16)13(17)6-11/h2-6,10,19H,7-8H2,1H3,(H,18,20). The molecule has 1 amide bonds. The van der Waals surface area contributed by atoms with E-state index in [1.165, 1.54) is 12.3 Å². The minimum Gasteiger partial charge on any atom is -0.491 e. The molecule has 1 aromatic heterocycles. The Bertz CT molecular complexity index is 657. The maximum atomic E-state index is 13.0. The van der Waals surface area contributed by atoms with Crippen molar-refractivity contribution in [2.75, 3.05) is 13.2 Å². The Morgan fingerprint density at radius 2 is 2.14 bits per heavy atom. The highest BCUT2D eigenvalue weighted by atomic mass is 19.2. The molecule has 0 fully saturated rings. The van der Waals surface area contributed by atoms with Crippen LogP contribution in [0.1, 0.15) is 16.1 Å². The molecule has 2 rings (SSSR count). The Morgan fingerprint density at radius 3 is 2.77 bits per heavy atom. The van der Waals surface area contributed by atoms with Gasteiger partial charge in [0.1, 0.15) is 18.5 Å². The van der Waals surface area contributed by atoms with Crippen molar-refractivity contribution < 1.29 is 27.8 Å². The third-order valence-electron chi connectivity index (χ3n) is 2.90. The van der Waals surface area contributed by atoms with Crippen LogP contribution in [0.25, 0.3) is 0 Å². The number of aliphatic hydroxyl groups is 1. The van der Waals surface area contributed by atoms with Gasteiger partial charge in [0.05, 0.1) is 6.26 Å². The highest BCUT2D eigenvalue weighted by molar-refractivity contribution is 5.92. The second kappa shape index (κ2) is 7.04.